The summed E-state index contributed by atoms with van der Waals surface area (Å²) in [6.45, 7) is 2.73. The van der Waals surface area contributed by atoms with E-state index in [1.807, 2.05) is 19.1 Å². The van der Waals surface area contributed by atoms with Gasteiger partial charge in [-0.25, -0.2) is 0 Å². The van der Waals surface area contributed by atoms with Crippen molar-refractivity contribution in [2.24, 2.45) is 0 Å². The Morgan fingerprint density at radius 1 is 1.50 bits per heavy atom. The predicted molar refractivity (Wildman–Crippen MR) is 62.0 cm³/mol. The number of likely N-dealkylation sites (N-methyl/N-ethyl adjacent to an activating group) is 1. The highest BCUT2D eigenvalue weighted by atomic mass is 16.2. The van der Waals surface area contributed by atoms with E-state index in [1.165, 1.54) is 0 Å². The second kappa shape index (κ2) is 6.95. The smallest absolute Gasteiger partial charge is 0.224 e. The Kier molecular flexibility index (Phi) is 5.50. The summed E-state index contributed by atoms with van der Waals surface area (Å²) in [4.78, 5) is 15.5. The monoisotopic (exact) mass is 222 g/mol. The molecule has 0 aliphatic carbocycles. The minimum atomic E-state index is 0.0207. The molecule has 16 heavy (non-hydrogen) atoms. The molecule has 1 heterocycles. The molecule has 1 aromatic heterocycles. The van der Waals surface area contributed by atoms with Gasteiger partial charge in [0.1, 0.15) is 0 Å². The van der Waals surface area contributed by atoms with E-state index in [1.54, 1.807) is 6.20 Å². The van der Waals surface area contributed by atoms with Gasteiger partial charge in [-0.15, -0.1) is 0 Å². The zero-order valence-corrected chi connectivity index (χ0v) is 9.57. The number of aliphatic hydroxyl groups excluding tert-OH is 1. The van der Waals surface area contributed by atoms with Crippen LogP contribution in [0.5, 0.6) is 0 Å². The van der Waals surface area contributed by atoms with E-state index in [2.05, 4.69) is 10.3 Å². The van der Waals surface area contributed by atoms with Gasteiger partial charge in [0, 0.05) is 25.0 Å². The lowest BCUT2D eigenvalue weighted by molar-refractivity contribution is -0.120. The van der Waals surface area contributed by atoms with Crippen LogP contribution >= 0.6 is 0 Å². The average molecular weight is 222 g/mol. The third-order valence-electron chi connectivity index (χ3n) is 2.22. The van der Waals surface area contributed by atoms with Crippen LogP contribution < -0.4 is 5.32 Å². The maximum Gasteiger partial charge on any atom is 0.224 e. The van der Waals surface area contributed by atoms with E-state index in [4.69, 9.17) is 5.11 Å². The van der Waals surface area contributed by atoms with Crippen molar-refractivity contribution in [1.29, 1.82) is 0 Å². The molecular weight excluding hydrogens is 204 g/mol. The maximum absolute atomic E-state index is 11.3. The normalized spacial score (nSPS) is 10.1. The zero-order chi connectivity index (χ0) is 11.8. The fraction of sp³-hybridized carbons (Fsp3) is 0.500. The summed E-state index contributed by atoms with van der Waals surface area (Å²) >= 11 is 0. The lowest BCUT2D eigenvalue weighted by Crippen LogP contribution is -2.24. The van der Waals surface area contributed by atoms with Crippen LogP contribution in [0.3, 0.4) is 0 Å². The van der Waals surface area contributed by atoms with E-state index in [0.29, 0.717) is 13.0 Å². The molecule has 1 aromatic rings. The first-order valence-electron chi connectivity index (χ1n) is 5.57. The van der Waals surface area contributed by atoms with Gasteiger partial charge in [-0.3, -0.25) is 9.78 Å². The summed E-state index contributed by atoms with van der Waals surface area (Å²) in [5.41, 5.74) is 1.87. The standard InChI is InChI=1S/C12H18N2O2/c1-2-13-12(16)8-10-5-6-11(14-9-10)4-3-7-15/h5-6,9,15H,2-4,7-8H2,1H3,(H,13,16). The van der Waals surface area contributed by atoms with E-state index < -0.39 is 0 Å². The average Bonchev–Trinajstić information content (AvgIpc) is 2.28. The first kappa shape index (κ1) is 12.6. The summed E-state index contributed by atoms with van der Waals surface area (Å²) in [6, 6.07) is 3.82. The SMILES string of the molecule is CCNC(=O)Cc1ccc(CCCO)nc1. The number of carbonyl (C=O) groups is 1. The maximum atomic E-state index is 11.3. The molecular formula is C12H18N2O2. The molecule has 4 heteroatoms. The number of hydrogen-bond donors (Lipinski definition) is 2. The molecule has 0 saturated carbocycles. The van der Waals surface area contributed by atoms with E-state index in [-0.39, 0.29) is 12.5 Å². The Balaban J connectivity index is 2.47. The molecule has 0 atom stereocenters. The minimum Gasteiger partial charge on any atom is -0.396 e. The highest BCUT2D eigenvalue weighted by Gasteiger charge is 2.02. The molecule has 0 spiro atoms. The molecule has 0 aliphatic heterocycles. The lowest BCUT2D eigenvalue weighted by Gasteiger charge is -2.03. The molecule has 1 rings (SSSR count). The highest BCUT2D eigenvalue weighted by molar-refractivity contribution is 5.78. The van der Waals surface area contributed by atoms with E-state index in [0.717, 1.165) is 24.1 Å². The van der Waals surface area contributed by atoms with Crippen molar-refractivity contribution in [3.8, 4) is 0 Å². The van der Waals surface area contributed by atoms with Gasteiger partial charge in [-0.1, -0.05) is 6.07 Å². The Morgan fingerprint density at radius 3 is 2.88 bits per heavy atom. The molecule has 0 unspecified atom stereocenters. The number of nitrogens with zero attached hydrogens (tertiary/aromatic N) is 1. The van der Waals surface area contributed by atoms with Crippen molar-refractivity contribution in [2.45, 2.75) is 26.2 Å². The molecule has 1 amide bonds. The molecule has 0 radical (unpaired) electrons. The third-order valence-corrected chi connectivity index (χ3v) is 2.22. The van der Waals surface area contributed by atoms with Crippen molar-refractivity contribution in [3.63, 3.8) is 0 Å². The van der Waals surface area contributed by atoms with Gasteiger partial charge in [0.2, 0.25) is 5.91 Å². The minimum absolute atomic E-state index is 0.0207. The largest absolute Gasteiger partial charge is 0.396 e. The van der Waals surface area contributed by atoms with Gasteiger partial charge in [0.15, 0.2) is 0 Å². The van der Waals surface area contributed by atoms with Crippen LogP contribution in [0.15, 0.2) is 18.3 Å². The van der Waals surface area contributed by atoms with Crippen LogP contribution in [-0.2, 0) is 17.6 Å². The lowest BCUT2D eigenvalue weighted by atomic mass is 10.1. The molecule has 0 fully saturated rings. The molecule has 0 bridgehead atoms. The van der Waals surface area contributed by atoms with Gasteiger partial charge in [0.05, 0.1) is 6.42 Å². The van der Waals surface area contributed by atoms with E-state index in [9.17, 15) is 4.79 Å². The molecule has 0 saturated heterocycles. The van der Waals surface area contributed by atoms with Crippen molar-refractivity contribution < 1.29 is 9.90 Å². The van der Waals surface area contributed by atoms with Gasteiger partial charge < -0.3 is 10.4 Å². The fourth-order valence-electron chi connectivity index (χ4n) is 1.41. The summed E-state index contributed by atoms with van der Waals surface area (Å²) in [6.07, 6.45) is 3.60. The molecule has 0 aromatic carbocycles. The van der Waals surface area contributed by atoms with Gasteiger partial charge >= 0.3 is 0 Å². The van der Waals surface area contributed by atoms with Crippen molar-refractivity contribution >= 4 is 5.91 Å². The Hall–Kier alpha value is -1.42. The number of hydrogen-bond acceptors (Lipinski definition) is 3. The molecule has 88 valence electrons. The number of carbonyl (C=O) groups excluding carboxylic acids is 1. The topological polar surface area (TPSA) is 62.2 Å². The van der Waals surface area contributed by atoms with Crippen LogP contribution in [-0.4, -0.2) is 29.1 Å². The van der Waals surface area contributed by atoms with Crippen molar-refractivity contribution in [2.75, 3.05) is 13.2 Å². The van der Waals surface area contributed by atoms with Gasteiger partial charge in [-0.2, -0.15) is 0 Å². The number of aliphatic hydroxyl groups is 1. The second-order valence-electron chi connectivity index (χ2n) is 3.62. The fourth-order valence-corrected chi connectivity index (χ4v) is 1.41. The molecule has 2 N–H and O–H groups in total. The summed E-state index contributed by atoms with van der Waals surface area (Å²) in [7, 11) is 0. The Morgan fingerprint density at radius 2 is 2.31 bits per heavy atom. The number of pyridine rings is 1. The van der Waals surface area contributed by atoms with Crippen LogP contribution in [0, 0.1) is 0 Å². The summed E-state index contributed by atoms with van der Waals surface area (Å²) < 4.78 is 0. The number of nitrogens with one attached hydrogen (secondary N) is 1. The Bertz CT molecular complexity index is 322. The summed E-state index contributed by atoms with van der Waals surface area (Å²) in [5, 5.41) is 11.4. The highest BCUT2D eigenvalue weighted by Crippen LogP contribution is 2.03. The zero-order valence-electron chi connectivity index (χ0n) is 9.57. The molecule has 4 nitrogen and oxygen atoms in total. The third kappa shape index (κ3) is 4.40. The van der Waals surface area contributed by atoms with Crippen LogP contribution in [0.4, 0.5) is 0 Å². The number of aromatic nitrogens is 1. The first-order valence-corrected chi connectivity index (χ1v) is 5.57. The second-order valence-corrected chi connectivity index (χ2v) is 3.62. The summed E-state index contributed by atoms with van der Waals surface area (Å²) in [5.74, 6) is 0.0207. The number of amides is 1. The Labute approximate surface area is 95.7 Å². The predicted octanol–water partition coefficient (Wildman–Crippen LogP) is 0.685. The van der Waals surface area contributed by atoms with Gasteiger partial charge in [0.25, 0.3) is 0 Å². The first-order chi connectivity index (χ1) is 7.76. The van der Waals surface area contributed by atoms with E-state index >= 15 is 0 Å². The quantitative estimate of drug-likeness (QED) is 0.744. The van der Waals surface area contributed by atoms with Crippen LogP contribution in [0.2, 0.25) is 0 Å². The van der Waals surface area contributed by atoms with Crippen LogP contribution in [0.1, 0.15) is 24.6 Å². The van der Waals surface area contributed by atoms with Crippen molar-refractivity contribution in [1.82, 2.24) is 10.3 Å². The van der Waals surface area contributed by atoms with Crippen LogP contribution in [0.25, 0.3) is 0 Å². The number of rotatable bonds is 6. The van der Waals surface area contributed by atoms with Crippen molar-refractivity contribution in [3.05, 3.63) is 29.6 Å². The number of aryl methyl sites for hydroxylation is 1. The van der Waals surface area contributed by atoms with Gasteiger partial charge in [-0.05, 0) is 31.4 Å². The molecule has 0 aliphatic rings.